The molecule has 1 atom stereocenters. The molecule has 2 fully saturated rings. The molecule has 2 N–H and O–H groups in total. The van der Waals surface area contributed by atoms with Gasteiger partial charge in [0.15, 0.2) is 0 Å². The molecule has 0 radical (unpaired) electrons. The van der Waals surface area contributed by atoms with Crippen LogP contribution in [-0.4, -0.2) is 61.7 Å². The van der Waals surface area contributed by atoms with Crippen molar-refractivity contribution in [2.75, 3.05) is 23.0 Å². The standard InChI is InChI=1S/C10H17NO6S3/c12-9(13)10(3-4-18-7-10)11-20(16,17)8-1-5-19(14,15)6-2-8/h8,11H,1-7H2,(H,12,13). The molecule has 7 nitrogen and oxygen atoms in total. The summed E-state index contributed by atoms with van der Waals surface area (Å²) in [6, 6.07) is 0. The highest BCUT2D eigenvalue weighted by Crippen LogP contribution is 2.30. The van der Waals surface area contributed by atoms with Gasteiger partial charge in [-0.3, -0.25) is 4.79 Å². The van der Waals surface area contributed by atoms with Crippen molar-refractivity contribution in [3.8, 4) is 0 Å². The van der Waals surface area contributed by atoms with E-state index in [2.05, 4.69) is 4.72 Å². The van der Waals surface area contributed by atoms with E-state index in [-0.39, 0.29) is 36.5 Å². The van der Waals surface area contributed by atoms with Gasteiger partial charge < -0.3 is 5.11 Å². The number of carboxylic acid groups (broad SMARTS) is 1. The number of aliphatic carboxylic acids is 1. The molecule has 10 heteroatoms. The van der Waals surface area contributed by atoms with Crippen molar-refractivity contribution in [1.29, 1.82) is 0 Å². The molecule has 1 unspecified atom stereocenters. The van der Waals surface area contributed by atoms with Crippen LogP contribution >= 0.6 is 11.8 Å². The molecule has 0 aromatic rings. The van der Waals surface area contributed by atoms with Gasteiger partial charge in [-0.05, 0) is 25.0 Å². The van der Waals surface area contributed by atoms with Crippen LogP contribution in [0, 0.1) is 0 Å². The van der Waals surface area contributed by atoms with Crippen molar-refractivity contribution in [2.24, 2.45) is 0 Å². The van der Waals surface area contributed by atoms with E-state index >= 15 is 0 Å². The van der Waals surface area contributed by atoms with Crippen LogP contribution in [0.4, 0.5) is 0 Å². The second-order valence-corrected chi connectivity index (χ2v) is 10.6. The second kappa shape index (κ2) is 5.47. The second-order valence-electron chi connectivity index (χ2n) is 5.19. The molecule has 116 valence electrons. The first-order chi connectivity index (χ1) is 9.17. The van der Waals surface area contributed by atoms with Crippen molar-refractivity contribution in [3.05, 3.63) is 0 Å². The van der Waals surface area contributed by atoms with Crippen LogP contribution < -0.4 is 4.72 Å². The lowest BCUT2D eigenvalue weighted by Crippen LogP contribution is -2.57. The van der Waals surface area contributed by atoms with E-state index in [9.17, 15) is 26.7 Å². The third kappa shape index (κ3) is 3.29. The van der Waals surface area contributed by atoms with Gasteiger partial charge in [-0.1, -0.05) is 0 Å². The molecule has 0 aliphatic carbocycles. The molecule has 2 rings (SSSR count). The van der Waals surface area contributed by atoms with Gasteiger partial charge in [0, 0.05) is 5.75 Å². The monoisotopic (exact) mass is 343 g/mol. The minimum atomic E-state index is -3.83. The first-order valence-electron chi connectivity index (χ1n) is 6.21. The van der Waals surface area contributed by atoms with E-state index < -0.39 is 36.6 Å². The van der Waals surface area contributed by atoms with Crippen LogP contribution in [0.5, 0.6) is 0 Å². The third-order valence-corrected chi connectivity index (χ3v) is 8.64. The van der Waals surface area contributed by atoms with E-state index in [0.29, 0.717) is 5.75 Å². The Hall–Kier alpha value is -0.320. The number of hydrogen-bond acceptors (Lipinski definition) is 6. The van der Waals surface area contributed by atoms with Gasteiger partial charge in [0.25, 0.3) is 0 Å². The number of rotatable bonds is 4. The number of hydrogen-bond donors (Lipinski definition) is 2. The molecule has 0 aromatic heterocycles. The van der Waals surface area contributed by atoms with Crippen molar-refractivity contribution in [1.82, 2.24) is 4.72 Å². The van der Waals surface area contributed by atoms with Crippen LogP contribution in [0.25, 0.3) is 0 Å². The van der Waals surface area contributed by atoms with E-state index in [4.69, 9.17) is 0 Å². The predicted molar refractivity (Wildman–Crippen MR) is 76.0 cm³/mol. The van der Waals surface area contributed by atoms with E-state index in [1.165, 1.54) is 11.8 Å². The van der Waals surface area contributed by atoms with E-state index in [1.807, 2.05) is 0 Å². The van der Waals surface area contributed by atoms with Gasteiger partial charge in [-0.15, -0.1) is 0 Å². The maximum Gasteiger partial charge on any atom is 0.325 e. The van der Waals surface area contributed by atoms with Gasteiger partial charge >= 0.3 is 5.97 Å². The lowest BCUT2D eigenvalue weighted by molar-refractivity contribution is -0.142. The molecule has 2 heterocycles. The Kier molecular flexibility index (Phi) is 4.39. The van der Waals surface area contributed by atoms with Crippen LogP contribution in [0.15, 0.2) is 0 Å². The fourth-order valence-corrected chi connectivity index (χ4v) is 7.43. The summed E-state index contributed by atoms with van der Waals surface area (Å²) < 4.78 is 49.5. The third-order valence-electron chi connectivity index (χ3n) is 3.71. The number of sulfone groups is 1. The van der Waals surface area contributed by atoms with Gasteiger partial charge in [-0.2, -0.15) is 16.5 Å². The van der Waals surface area contributed by atoms with E-state index in [0.717, 1.165) is 0 Å². The lowest BCUT2D eigenvalue weighted by Gasteiger charge is -2.29. The zero-order chi connectivity index (χ0) is 15.0. The topological polar surface area (TPSA) is 118 Å². The van der Waals surface area contributed by atoms with Crippen LogP contribution in [0.3, 0.4) is 0 Å². The van der Waals surface area contributed by atoms with Crippen LogP contribution in [-0.2, 0) is 24.7 Å². The molecule has 2 aliphatic rings. The Bertz CT molecular complexity index is 576. The first-order valence-corrected chi connectivity index (χ1v) is 10.7. The average molecular weight is 343 g/mol. The number of carbonyl (C=O) groups is 1. The largest absolute Gasteiger partial charge is 0.480 e. The minimum absolute atomic E-state index is 0.0283. The maximum atomic E-state index is 12.3. The number of thioether (sulfide) groups is 1. The fourth-order valence-electron chi connectivity index (χ4n) is 2.39. The summed E-state index contributed by atoms with van der Waals surface area (Å²) in [7, 11) is -6.98. The smallest absolute Gasteiger partial charge is 0.325 e. The summed E-state index contributed by atoms with van der Waals surface area (Å²) in [5.74, 6) is -0.698. The highest BCUT2D eigenvalue weighted by molar-refractivity contribution is 7.99. The summed E-state index contributed by atoms with van der Waals surface area (Å²) in [6.45, 7) is 0. The Labute approximate surface area is 122 Å². The number of carboxylic acids is 1. The van der Waals surface area contributed by atoms with Gasteiger partial charge in [0.1, 0.15) is 15.4 Å². The Balaban J connectivity index is 2.13. The summed E-state index contributed by atoms with van der Waals surface area (Å²) in [5.41, 5.74) is -1.44. The van der Waals surface area contributed by atoms with Gasteiger partial charge in [-0.25, -0.2) is 16.8 Å². The van der Waals surface area contributed by atoms with Crippen molar-refractivity contribution in [3.63, 3.8) is 0 Å². The molecular formula is C10H17NO6S3. The average Bonchev–Trinajstić information content (AvgIpc) is 2.77. The highest BCUT2D eigenvalue weighted by atomic mass is 32.2. The molecule has 0 bridgehead atoms. The molecule has 2 aliphatic heterocycles. The molecule has 0 amide bonds. The molecule has 2 saturated heterocycles. The zero-order valence-electron chi connectivity index (χ0n) is 10.7. The minimum Gasteiger partial charge on any atom is -0.480 e. The summed E-state index contributed by atoms with van der Waals surface area (Å²) >= 11 is 1.39. The van der Waals surface area contributed by atoms with Crippen LogP contribution in [0.1, 0.15) is 19.3 Å². The molecule has 0 saturated carbocycles. The number of nitrogens with one attached hydrogen (secondary N) is 1. The quantitative estimate of drug-likeness (QED) is 0.703. The summed E-state index contributed by atoms with van der Waals surface area (Å²) in [4.78, 5) is 11.4. The normalized spacial score (nSPS) is 31.2. The maximum absolute atomic E-state index is 12.3. The van der Waals surface area contributed by atoms with Gasteiger partial charge in [0.2, 0.25) is 10.0 Å². The molecular weight excluding hydrogens is 326 g/mol. The highest BCUT2D eigenvalue weighted by Gasteiger charge is 2.47. The van der Waals surface area contributed by atoms with Crippen molar-refractivity contribution in [2.45, 2.75) is 30.1 Å². The summed E-state index contributed by atoms with van der Waals surface area (Å²) in [6.07, 6.45) is 0.304. The molecule has 0 aromatic carbocycles. The first kappa shape index (κ1) is 16.1. The van der Waals surface area contributed by atoms with Gasteiger partial charge in [0.05, 0.1) is 16.8 Å². The summed E-state index contributed by atoms with van der Waals surface area (Å²) in [5, 5.41) is 8.45. The lowest BCUT2D eigenvalue weighted by atomic mass is 10.0. The number of sulfonamides is 1. The zero-order valence-corrected chi connectivity index (χ0v) is 13.2. The fraction of sp³-hybridized carbons (Fsp3) is 0.900. The Morgan fingerprint density at radius 1 is 1.30 bits per heavy atom. The van der Waals surface area contributed by atoms with Crippen LogP contribution in [0.2, 0.25) is 0 Å². The Morgan fingerprint density at radius 3 is 2.35 bits per heavy atom. The molecule has 0 spiro atoms. The van der Waals surface area contributed by atoms with Crippen molar-refractivity contribution < 1.29 is 26.7 Å². The van der Waals surface area contributed by atoms with E-state index in [1.54, 1.807) is 0 Å². The Morgan fingerprint density at radius 2 is 1.90 bits per heavy atom. The predicted octanol–water partition coefficient (Wildman–Crippen LogP) is -0.557. The molecule has 20 heavy (non-hydrogen) atoms. The SMILES string of the molecule is O=C(O)C1(NS(=O)(=O)C2CCS(=O)(=O)CC2)CCSC1. The van der Waals surface area contributed by atoms with Crippen molar-refractivity contribution >= 4 is 37.6 Å².